The van der Waals surface area contributed by atoms with Crippen LogP contribution in [-0.4, -0.2) is 18.5 Å². The Balaban J connectivity index is 2.79. The average Bonchev–Trinajstić information content (AvgIpc) is 2.60. The summed E-state index contributed by atoms with van der Waals surface area (Å²) in [5.41, 5.74) is 3.78. The van der Waals surface area contributed by atoms with Gasteiger partial charge < -0.3 is 15.2 Å². The topological polar surface area (TPSA) is 85.3 Å². The van der Waals surface area contributed by atoms with Gasteiger partial charge in [-0.3, -0.25) is 0 Å². The number of hydrogen-bond acceptors (Lipinski definition) is 5. The van der Waals surface area contributed by atoms with E-state index in [1.807, 2.05) is 0 Å². The molecule has 2 rings (SSSR count). The molecule has 1 atom stereocenters. The Kier molecular flexibility index (Phi) is 5.83. The molecule has 138 valence electrons. The molecule has 0 saturated carbocycles. The fraction of sp³-hybridized carbons (Fsp3) is 0.294. The van der Waals surface area contributed by atoms with Crippen LogP contribution < -0.4 is 5.73 Å². The number of esters is 1. The minimum Gasteiger partial charge on any atom is -0.463 e. The third-order valence-corrected chi connectivity index (χ3v) is 3.93. The number of carbonyl (C=O) groups excluding carboxylic acids is 1. The number of benzene rings is 1. The summed E-state index contributed by atoms with van der Waals surface area (Å²) in [4.78, 5) is 12.4. The third-order valence-electron chi connectivity index (χ3n) is 3.69. The molecule has 0 bridgehead atoms. The number of nitriles is 1. The highest BCUT2D eigenvalue weighted by Gasteiger charge is 2.42. The van der Waals surface area contributed by atoms with E-state index in [1.54, 1.807) is 6.07 Å². The molecule has 1 aromatic rings. The maximum absolute atomic E-state index is 13.5. The fourth-order valence-electron chi connectivity index (χ4n) is 2.67. The van der Waals surface area contributed by atoms with Crippen LogP contribution in [0, 0.1) is 11.3 Å². The quantitative estimate of drug-likeness (QED) is 0.631. The molecule has 0 radical (unpaired) electrons. The standard InChI is InChI=1S/C17H14ClF3N2O3/c1-2-25-16(24)14-12(7-18)26-15(23)10(8-22)13(14)9-5-3-4-6-11(9)17(19,20)21/h3-6,13H,2,7,23H2,1H3/t13-/m1/s1. The van der Waals surface area contributed by atoms with E-state index in [9.17, 15) is 23.2 Å². The van der Waals surface area contributed by atoms with Gasteiger partial charge in [0.05, 0.1) is 29.5 Å². The minimum absolute atomic E-state index is 0.0212. The molecule has 0 amide bonds. The van der Waals surface area contributed by atoms with Crippen LogP contribution in [0.1, 0.15) is 24.0 Å². The third kappa shape index (κ3) is 3.63. The van der Waals surface area contributed by atoms with Crippen LogP contribution in [0.5, 0.6) is 0 Å². The van der Waals surface area contributed by atoms with E-state index in [1.165, 1.54) is 25.1 Å². The lowest BCUT2D eigenvalue weighted by Gasteiger charge is -2.29. The molecule has 26 heavy (non-hydrogen) atoms. The lowest BCUT2D eigenvalue weighted by molar-refractivity contribution is -0.140. The molecule has 1 aliphatic rings. The number of nitrogens with two attached hydrogens (primary N) is 1. The summed E-state index contributed by atoms with van der Waals surface area (Å²) in [6.07, 6.45) is -4.70. The Hall–Kier alpha value is -2.66. The van der Waals surface area contributed by atoms with E-state index in [2.05, 4.69) is 0 Å². The van der Waals surface area contributed by atoms with Crippen molar-refractivity contribution in [3.63, 3.8) is 0 Å². The largest absolute Gasteiger partial charge is 0.463 e. The van der Waals surface area contributed by atoms with Gasteiger partial charge in [-0.2, -0.15) is 18.4 Å². The van der Waals surface area contributed by atoms with Gasteiger partial charge in [0.2, 0.25) is 5.88 Å². The van der Waals surface area contributed by atoms with Gasteiger partial charge in [-0.1, -0.05) is 18.2 Å². The monoisotopic (exact) mass is 386 g/mol. The summed E-state index contributed by atoms with van der Waals surface area (Å²) in [7, 11) is 0. The fourth-order valence-corrected chi connectivity index (χ4v) is 2.87. The zero-order valence-corrected chi connectivity index (χ0v) is 14.3. The summed E-state index contributed by atoms with van der Waals surface area (Å²) < 4.78 is 50.5. The van der Waals surface area contributed by atoms with E-state index in [4.69, 9.17) is 26.8 Å². The van der Waals surface area contributed by atoms with E-state index >= 15 is 0 Å². The van der Waals surface area contributed by atoms with Crippen molar-refractivity contribution < 1.29 is 27.4 Å². The van der Waals surface area contributed by atoms with Gasteiger partial charge in [0.25, 0.3) is 0 Å². The second-order valence-corrected chi connectivity index (χ2v) is 5.47. The van der Waals surface area contributed by atoms with Crippen molar-refractivity contribution in [1.82, 2.24) is 0 Å². The summed E-state index contributed by atoms with van der Waals surface area (Å²) in [6, 6.07) is 6.34. The molecule has 2 N–H and O–H groups in total. The van der Waals surface area contributed by atoms with Crippen molar-refractivity contribution in [2.24, 2.45) is 5.73 Å². The summed E-state index contributed by atoms with van der Waals surface area (Å²) >= 11 is 5.78. The lowest BCUT2D eigenvalue weighted by atomic mass is 9.81. The number of alkyl halides is 4. The van der Waals surface area contributed by atoms with Crippen molar-refractivity contribution in [2.75, 3.05) is 12.5 Å². The molecule has 0 aliphatic carbocycles. The van der Waals surface area contributed by atoms with Crippen molar-refractivity contribution in [1.29, 1.82) is 5.26 Å². The van der Waals surface area contributed by atoms with E-state index < -0.39 is 29.5 Å². The second kappa shape index (κ2) is 7.70. The van der Waals surface area contributed by atoms with Gasteiger partial charge in [0.1, 0.15) is 17.4 Å². The number of carbonyl (C=O) groups is 1. The second-order valence-electron chi connectivity index (χ2n) is 5.20. The number of ether oxygens (including phenoxy) is 2. The number of allylic oxidation sites excluding steroid dienone is 2. The number of hydrogen-bond donors (Lipinski definition) is 1. The van der Waals surface area contributed by atoms with Crippen LogP contribution in [0.3, 0.4) is 0 Å². The average molecular weight is 387 g/mol. The first kappa shape index (κ1) is 19.7. The van der Waals surface area contributed by atoms with Crippen LogP contribution in [0.15, 0.2) is 47.1 Å². The summed E-state index contributed by atoms with van der Waals surface area (Å²) in [5, 5.41) is 9.42. The van der Waals surface area contributed by atoms with Gasteiger partial charge >= 0.3 is 12.1 Å². The molecule has 0 fully saturated rings. The highest BCUT2D eigenvalue weighted by Crippen LogP contribution is 2.44. The highest BCUT2D eigenvalue weighted by molar-refractivity contribution is 6.19. The number of halogens is 4. The minimum atomic E-state index is -4.70. The number of nitrogens with zero attached hydrogens (tertiary/aromatic N) is 1. The van der Waals surface area contributed by atoms with Crippen LogP contribution in [0.4, 0.5) is 13.2 Å². The highest BCUT2D eigenvalue weighted by atomic mass is 35.5. The Morgan fingerprint density at radius 2 is 2.08 bits per heavy atom. The summed E-state index contributed by atoms with van der Waals surface area (Å²) in [5.74, 6) is -3.22. The van der Waals surface area contributed by atoms with Crippen LogP contribution >= 0.6 is 11.6 Å². The zero-order chi connectivity index (χ0) is 19.5. The van der Waals surface area contributed by atoms with Crippen LogP contribution in [0.2, 0.25) is 0 Å². The Morgan fingerprint density at radius 3 is 2.62 bits per heavy atom. The first-order valence-corrected chi connectivity index (χ1v) is 7.99. The van der Waals surface area contributed by atoms with E-state index in [0.717, 1.165) is 6.07 Å². The van der Waals surface area contributed by atoms with Gasteiger partial charge in [-0.15, -0.1) is 11.6 Å². The predicted octanol–water partition coefficient (Wildman–Crippen LogP) is 3.57. The smallest absolute Gasteiger partial charge is 0.416 e. The predicted molar refractivity (Wildman–Crippen MR) is 86.5 cm³/mol. The van der Waals surface area contributed by atoms with Crippen molar-refractivity contribution >= 4 is 17.6 Å². The maximum Gasteiger partial charge on any atom is 0.416 e. The molecule has 5 nitrogen and oxygen atoms in total. The first-order valence-electron chi connectivity index (χ1n) is 7.46. The van der Waals surface area contributed by atoms with Crippen molar-refractivity contribution in [3.05, 3.63) is 58.2 Å². The number of rotatable bonds is 4. The van der Waals surface area contributed by atoms with Crippen LogP contribution in [-0.2, 0) is 20.4 Å². The Morgan fingerprint density at radius 1 is 1.42 bits per heavy atom. The SMILES string of the molecule is CCOC(=O)C1=C(CCl)OC(N)=C(C#N)[C@H]1c1ccccc1C(F)(F)F. The molecule has 0 spiro atoms. The Labute approximate surface area is 152 Å². The molecule has 1 heterocycles. The molecule has 9 heteroatoms. The summed E-state index contributed by atoms with van der Waals surface area (Å²) in [6.45, 7) is 1.52. The molecule has 0 saturated heterocycles. The molecular formula is C17H14ClF3N2O3. The Bertz CT molecular complexity index is 825. The van der Waals surface area contributed by atoms with Crippen molar-refractivity contribution in [3.8, 4) is 6.07 Å². The lowest BCUT2D eigenvalue weighted by Crippen LogP contribution is -2.28. The molecule has 1 aliphatic heterocycles. The maximum atomic E-state index is 13.5. The molecular weight excluding hydrogens is 373 g/mol. The van der Waals surface area contributed by atoms with Crippen molar-refractivity contribution in [2.45, 2.75) is 19.0 Å². The van der Waals surface area contributed by atoms with E-state index in [0.29, 0.717) is 0 Å². The van der Waals surface area contributed by atoms with E-state index in [-0.39, 0.29) is 35.0 Å². The van der Waals surface area contributed by atoms with Gasteiger partial charge in [0, 0.05) is 0 Å². The van der Waals surface area contributed by atoms with Gasteiger partial charge in [-0.05, 0) is 18.6 Å². The zero-order valence-electron chi connectivity index (χ0n) is 13.6. The molecule has 0 aromatic heterocycles. The van der Waals surface area contributed by atoms with Gasteiger partial charge in [0.15, 0.2) is 0 Å². The van der Waals surface area contributed by atoms with Gasteiger partial charge in [-0.25, -0.2) is 4.79 Å². The first-order chi connectivity index (χ1) is 12.3. The molecule has 0 unspecified atom stereocenters. The van der Waals surface area contributed by atoms with Crippen LogP contribution in [0.25, 0.3) is 0 Å². The molecule has 1 aromatic carbocycles. The normalized spacial score (nSPS) is 17.6.